The predicted molar refractivity (Wildman–Crippen MR) is 194 cm³/mol. The first-order chi connectivity index (χ1) is 24.7. The largest absolute Gasteiger partial charge is 0.383 e. The average molecular weight is 656 g/mol. The van der Waals surface area contributed by atoms with Crippen LogP contribution in [0.2, 0.25) is 0 Å². The summed E-state index contributed by atoms with van der Waals surface area (Å²) in [5.41, 5.74) is 14.7. The van der Waals surface area contributed by atoms with Crippen molar-refractivity contribution in [2.24, 2.45) is 0 Å². The maximum Gasteiger partial charge on any atom is 0.179 e. The van der Waals surface area contributed by atoms with Gasteiger partial charge in [-0.05, 0) is 73.5 Å². The van der Waals surface area contributed by atoms with Gasteiger partial charge in [0, 0.05) is 47.6 Å². The summed E-state index contributed by atoms with van der Waals surface area (Å²) < 4.78 is 1.95. The molecular formula is C39H33N11. The fourth-order valence-corrected chi connectivity index (χ4v) is 6.91. The highest BCUT2D eigenvalue weighted by Crippen LogP contribution is 2.36. The number of hydrogen-bond donors (Lipinski definition) is 2. The molecule has 11 nitrogen and oxygen atoms in total. The van der Waals surface area contributed by atoms with E-state index >= 15 is 0 Å². The Labute approximate surface area is 287 Å². The third-order valence-electron chi connectivity index (χ3n) is 9.55. The second-order valence-corrected chi connectivity index (χ2v) is 12.7. The van der Waals surface area contributed by atoms with Gasteiger partial charge < -0.3 is 10.7 Å². The van der Waals surface area contributed by atoms with Crippen LogP contribution < -0.4 is 5.73 Å². The van der Waals surface area contributed by atoms with Gasteiger partial charge in [-0.25, -0.2) is 9.97 Å². The predicted octanol–water partition coefficient (Wildman–Crippen LogP) is 6.82. The van der Waals surface area contributed by atoms with Crippen LogP contribution in [0.1, 0.15) is 30.1 Å². The SMILES string of the molecule is Nc1ncccc1-c1nnc2c3cc(-c4ccccc4)c(-c4ccc(CN5CCC(c6nnc(-c7ccccn7)[nH]6)CC5)cc4)nc3ccn12. The highest BCUT2D eigenvalue weighted by molar-refractivity contribution is 5.98. The highest BCUT2D eigenvalue weighted by atomic mass is 15.3. The first-order valence-corrected chi connectivity index (χ1v) is 16.8. The van der Waals surface area contributed by atoms with Gasteiger partial charge in [-0.1, -0.05) is 60.7 Å². The maximum absolute atomic E-state index is 6.19. The monoisotopic (exact) mass is 655 g/mol. The van der Waals surface area contributed by atoms with E-state index in [9.17, 15) is 0 Å². The number of pyridine rings is 4. The summed E-state index contributed by atoms with van der Waals surface area (Å²) >= 11 is 0. The molecule has 2 aromatic carbocycles. The molecule has 6 aromatic heterocycles. The molecule has 8 aromatic rings. The maximum atomic E-state index is 6.19. The van der Waals surface area contributed by atoms with Gasteiger partial charge in [-0.15, -0.1) is 20.4 Å². The highest BCUT2D eigenvalue weighted by Gasteiger charge is 2.24. The number of aromatic amines is 1. The van der Waals surface area contributed by atoms with E-state index in [-0.39, 0.29) is 0 Å². The molecule has 1 aliphatic heterocycles. The van der Waals surface area contributed by atoms with Gasteiger partial charge in [0.15, 0.2) is 17.3 Å². The van der Waals surface area contributed by atoms with Crippen molar-refractivity contribution in [3.8, 4) is 45.3 Å². The molecule has 9 rings (SSSR count). The summed E-state index contributed by atoms with van der Waals surface area (Å²) in [6.45, 7) is 2.90. The molecule has 0 saturated carbocycles. The molecule has 0 amide bonds. The van der Waals surface area contributed by atoms with Crippen molar-refractivity contribution in [2.75, 3.05) is 18.8 Å². The summed E-state index contributed by atoms with van der Waals surface area (Å²) in [6.07, 6.45) is 7.47. The Morgan fingerprint density at radius 3 is 2.36 bits per heavy atom. The van der Waals surface area contributed by atoms with E-state index < -0.39 is 0 Å². The molecule has 7 heterocycles. The number of anilines is 1. The molecule has 0 spiro atoms. The molecule has 1 aliphatic rings. The molecule has 1 fully saturated rings. The van der Waals surface area contributed by atoms with Gasteiger partial charge >= 0.3 is 0 Å². The Balaban J connectivity index is 0.967. The minimum atomic E-state index is 0.369. The van der Waals surface area contributed by atoms with Crippen LogP contribution in [0.5, 0.6) is 0 Å². The molecule has 11 heteroatoms. The first kappa shape index (κ1) is 29.8. The molecule has 244 valence electrons. The standard InChI is InChI=1S/C39H33N11/c40-35-29(9-6-19-42-35)38-47-48-39-31-23-30(26-7-2-1-3-8-26)34(43-32(31)17-22-50(38)39)27-13-11-25(12-14-27)24-49-20-15-28(16-21-49)36-44-37(46-45-36)33-10-4-5-18-41-33/h1-14,17-19,22-23,28H,15-16,20-21,24H2,(H2,40,42)(H,44,45,46). The van der Waals surface area contributed by atoms with Crippen LogP contribution in [0.4, 0.5) is 5.82 Å². The topological polar surface area (TPSA) is 140 Å². The van der Waals surface area contributed by atoms with Crippen molar-refractivity contribution in [1.29, 1.82) is 0 Å². The van der Waals surface area contributed by atoms with Crippen molar-refractivity contribution in [3.05, 3.63) is 127 Å². The van der Waals surface area contributed by atoms with Crippen LogP contribution in [-0.2, 0) is 6.54 Å². The molecule has 0 radical (unpaired) electrons. The lowest BCUT2D eigenvalue weighted by Crippen LogP contribution is -2.32. The van der Waals surface area contributed by atoms with Crippen molar-refractivity contribution in [2.45, 2.75) is 25.3 Å². The molecular weight excluding hydrogens is 623 g/mol. The Hall–Kier alpha value is -6.33. The Kier molecular flexibility index (Phi) is 7.51. The van der Waals surface area contributed by atoms with Gasteiger partial charge in [0.05, 0.1) is 16.8 Å². The van der Waals surface area contributed by atoms with Crippen molar-refractivity contribution in [1.82, 2.24) is 49.6 Å². The zero-order valence-electron chi connectivity index (χ0n) is 27.2. The lowest BCUT2D eigenvalue weighted by atomic mass is 9.95. The quantitative estimate of drug-likeness (QED) is 0.189. The third kappa shape index (κ3) is 5.53. The normalized spacial score (nSPS) is 14.1. The number of rotatable bonds is 7. The molecule has 3 N–H and O–H groups in total. The number of nitrogen functional groups attached to an aromatic ring is 1. The van der Waals surface area contributed by atoms with Crippen LogP contribution in [0, 0.1) is 0 Å². The number of piperidine rings is 1. The number of nitrogens with zero attached hydrogens (tertiary/aromatic N) is 9. The summed E-state index contributed by atoms with van der Waals surface area (Å²) in [5.74, 6) is 3.11. The summed E-state index contributed by atoms with van der Waals surface area (Å²) in [4.78, 5) is 19.8. The fourth-order valence-electron chi connectivity index (χ4n) is 6.91. The zero-order chi connectivity index (χ0) is 33.4. The molecule has 50 heavy (non-hydrogen) atoms. The summed E-state index contributed by atoms with van der Waals surface area (Å²) in [7, 11) is 0. The second-order valence-electron chi connectivity index (χ2n) is 12.7. The molecule has 0 atom stereocenters. The molecule has 1 saturated heterocycles. The van der Waals surface area contributed by atoms with E-state index in [0.717, 1.165) is 88.7 Å². The first-order valence-electron chi connectivity index (χ1n) is 16.8. The van der Waals surface area contributed by atoms with Crippen molar-refractivity contribution in [3.63, 3.8) is 0 Å². The van der Waals surface area contributed by atoms with Crippen LogP contribution in [0.3, 0.4) is 0 Å². The van der Waals surface area contributed by atoms with Gasteiger partial charge in [0.25, 0.3) is 0 Å². The minimum absolute atomic E-state index is 0.369. The summed E-state index contributed by atoms with van der Waals surface area (Å²) in [6, 6.07) is 33.0. The van der Waals surface area contributed by atoms with Gasteiger partial charge in [0.2, 0.25) is 0 Å². The Morgan fingerprint density at radius 2 is 1.56 bits per heavy atom. The number of likely N-dealkylation sites (tertiary alicyclic amines) is 1. The van der Waals surface area contributed by atoms with Gasteiger partial charge in [-0.2, -0.15) is 0 Å². The second kappa shape index (κ2) is 12.6. The third-order valence-corrected chi connectivity index (χ3v) is 9.55. The van der Waals surface area contributed by atoms with E-state index in [1.165, 1.54) is 5.56 Å². The molecule has 0 bridgehead atoms. The van der Waals surface area contributed by atoms with Gasteiger partial charge in [-0.3, -0.25) is 14.3 Å². The van der Waals surface area contributed by atoms with Crippen LogP contribution in [-0.4, -0.2) is 62.7 Å². The number of nitrogens with two attached hydrogens (primary N) is 1. The lowest BCUT2D eigenvalue weighted by molar-refractivity contribution is 0.202. The van der Waals surface area contributed by atoms with Crippen molar-refractivity contribution < 1.29 is 0 Å². The van der Waals surface area contributed by atoms with E-state index in [1.54, 1.807) is 12.4 Å². The number of benzene rings is 2. The number of fused-ring (bicyclic) bond motifs is 3. The average Bonchev–Trinajstić information content (AvgIpc) is 3.85. The lowest BCUT2D eigenvalue weighted by Gasteiger charge is -2.30. The smallest absolute Gasteiger partial charge is 0.179 e. The van der Waals surface area contributed by atoms with E-state index in [1.807, 2.05) is 53.1 Å². The Morgan fingerprint density at radius 1 is 0.740 bits per heavy atom. The molecule has 0 unspecified atom stereocenters. The van der Waals surface area contributed by atoms with E-state index in [2.05, 4.69) is 94.8 Å². The van der Waals surface area contributed by atoms with Gasteiger partial charge in [0.1, 0.15) is 17.3 Å². The van der Waals surface area contributed by atoms with Crippen molar-refractivity contribution >= 4 is 22.4 Å². The zero-order valence-corrected chi connectivity index (χ0v) is 27.2. The van der Waals surface area contributed by atoms with E-state index in [0.29, 0.717) is 23.2 Å². The number of aromatic nitrogens is 9. The van der Waals surface area contributed by atoms with Crippen LogP contribution in [0.15, 0.2) is 116 Å². The minimum Gasteiger partial charge on any atom is -0.383 e. The van der Waals surface area contributed by atoms with E-state index in [4.69, 9.17) is 10.7 Å². The summed E-state index contributed by atoms with van der Waals surface area (Å²) in [5, 5.41) is 18.8. The van der Waals surface area contributed by atoms with Crippen LogP contribution in [0.25, 0.3) is 61.8 Å². The number of H-pyrrole nitrogens is 1. The number of nitrogens with one attached hydrogen (secondary N) is 1. The number of hydrogen-bond acceptors (Lipinski definition) is 9. The molecule has 0 aliphatic carbocycles. The fraction of sp³-hybridized carbons (Fsp3) is 0.154. The van der Waals surface area contributed by atoms with Crippen LogP contribution >= 0.6 is 0 Å². The Bertz CT molecular complexity index is 2430.